The highest BCUT2D eigenvalue weighted by molar-refractivity contribution is 6.43. The molecule has 0 unspecified atom stereocenters. The van der Waals surface area contributed by atoms with Gasteiger partial charge in [0.15, 0.2) is 0 Å². The van der Waals surface area contributed by atoms with Gasteiger partial charge in [-0.3, -0.25) is 19.3 Å². The van der Waals surface area contributed by atoms with Gasteiger partial charge in [0.2, 0.25) is 5.91 Å². The molecule has 7 heteroatoms. The first kappa shape index (κ1) is 18.4. The van der Waals surface area contributed by atoms with Crippen LogP contribution in [-0.2, 0) is 11.2 Å². The molecule has 0 aromatic heterocycles. The van der Waals surface area contributed by atoms with E-state index in [2.05, 4.69) is 5.32 Å². The lowest BCUT2D eigenvalue weighted by molar-refractivity contribution is -0.116. The maximum absolute atomic E-state index is 12.5. The Hall–Kier alpha value is -2.37. The van der Waals surface area contributed by atoms with Crippen LogP contribution < -0.4 is 5.32 Å². The van der Waals surface area contributed by atoms with E-state index in [-0.39, 0.29) is 27.7 Å². The molecule has 2 aromatic carbocycles. The highest BCUT2D eigenvalue weighted by Gasteiger charge is 2.37. The molecule has 0 radical (unpaired) electrons. The van der Waals surface area contributed by atoms with Crippen molar-refractivity contribution in [2.24, 2.45) is 0 Å². The first-order chi connectivity index (χ1) is 12.3. The van der Waals surface area contributed by atoms with Crippen molar-refractivity contribution < 1.29 is 14.4 Å². The van der Waals surface area contributed by atoms with E-state index < -0.39 is 17.7 Å². The summed E-state index contributed by atoms with van der Waals surface area (Å²) in [6.07, 6.45) is 0.751. The fourth-order valence-electron chi connectivity index (χ4n) is 2.95. The predicted octanol–water partition coefficient (Wildman–Crippen LogP) is 4.10. The van der Waals surface area contributed by atoms with Gasteiger partial charge in [0.25, 0.3) is 11.8 Å². The molecule has 1 aliphatic rings. The van der Waals surface area contributed by atoms with Crippen LogP contribution in [0.2, 0.25) is 10.0 Å². The number of carbonyl (C=O) groups excluding carboxylic acids is 3. The molecule has 2 aromatic rings. The minimum atomic E-state index is -0.556. The van der Waals surface area contributed by atoms with E-state index in [0.717, 1.165) is 22.4 Å². The summed E-state index contributed by atoms with van der Waals surface area (Å²) in [5, 5.41) is 3.18. The number of nitrogens with zero attached hydrogens (tertiary/aromatic N) is 1. The Morgan fingerprint density at radius 1 is 1.08 bits per heavy atom. The van der Waals surface area contributed by atoms with Crippen molar-refractivity contribution in [2.45, 2.75) is 20.3 Å². The van der Waals surface area contributed by atoms with Crippen molar-refractivity contribution in [3.8, 4) is 0 Å². The summed E-state index contributed by atoms with van der Waals surface area (Å²) in [4.78, 5) is 38.3. The van der Waals surface area contributed by atoms with E-state index in [0.29, 0.717) is 5.69 Å². The minimum Gasteiger partial charge on any atom is -0.324 e. The number of rotatable bonds is 4. The molecule has 0 atom stereocenters. The molecule has 3 rings (SSSR count). The van der Waals surface area contributed by atoms with Crippen molar-refractivity contribution in [1.29, 1.82) is 0 Å². The fourth-order valence-corrected chi connectivity index (χ4v) is 3.28. The van der Waals surface area contributed by atoms with Gasteiger partial charge in [-0.2, -0.15) is 0 Å². The van der Waals surface area contributed by atoms with Gasteiger partial charge in [-0.05, 0) is 36.6 Å². The van der Waals surface area contributed by atoms with Gasteiger partial charge in [0.05, 0.1) is 21.2 Å². The lowest BCUT2D eigenvalue weighted by Gasteiger charge is -2.16. The molecule has 0 spiro atoms. The molecule has 0 aliphatic carbocycles. The molecule has 0 bridgehead atoms. The summed E-state index contributed by atoms with van der Waals surface area (Å²) in [7, 11) is 0. The van der Waals surface area contributed by atoms with E-state index >= 15 is 0 Å². The van der Waals surface area contributed by atoms with Crippen molar-refractivity contribution in [1.82, 2.24) is 4.90 Å². The zero-order chi connectivity index (χ0) is 19.0. The normalized spacial score (nSPS) is 13.2. The lowest BCUT2D eigenvalue weighted by atomic mass is 10.1. The smallest absolute Gasteiger partial charge is 0.262 e. The van der Waals surface area contributed by atoms with Gasteiger partial charge < -0.3 is 5.32 Å². The first-order valence-electron chi connectivity index (χ1n) is 8.07. The predicted molar refractivity (Wildman–Crippen MR) is 101 cm³/mol. The Kier molecular flexibility index (Phi) is 5.03. The second-order valence-electron chi connectivity index (χ2n) is 6.02. The van der Waals surface area contributed by atoms with Crippen LogP contribution in [-0.4, -0.2) is 29.2 Å². The number of para-hydroxylation sites is 1. The second-order valence-corrected chi connectivity index (χ2v) is 6.83. The highest BCUT2D eigenvalue weighted by atomic mass is 35.5. The zero-order valence-electron chi connectivity index (χ0n) is 14.2. The number of fused-ring (bicyclic) bond motifs is 1. The average Bonchev–Trinajstić information content (AvgIpc) is 2.82. The molecule has 0 saturated heterocycles. The van der Waals surface area contributed by atoms with E-state index in [1.54, 1.807) is 0 Å². The Balaban J connectivity index is 1.81. The van der Waals surface area contributed by atoms with Crippen molar-refractivity contribution >= 4 is 46.6 Å². The van der Waals surface area contributed by atoms with Crippen LogP contribution in [0.4, 0.5) is 5.69 Å². The molecule has 1 N–H and O–H groups in total. The largest absolute Gasteiger partial charge is 0.324 e. The molecule has 3 amide bonds. The molecule has 134 valence electrons. The number of aryl methyl sites for hydroxylation is 2. The van der Waals surface area contributed by atoms with Crippen LogP contribution in [0.5, 0.6) is 0 Å². The third-order valence-electron chi connectivity index (χ3n) is 4.32. The summed E-state index contributed by atoms with van der Waals surface area (Å²) >= 11 is 11.8. The number of nitrogens with one attached hydrogen (secondary N) is 1. The van der Waals surface area contributed by atoms with Crippen LogP contribution in [0.25, 0.3) is 0 Å². The summed E-state index contributed by atoms with van der Waals surface area (Å²) in [5.74, 6) is -1.56. The van der Waals surface area contributed by atoms with Crippen LogP contribution in [0, 0.1) is 6.92 Å². The van der Waals surface area contributed by atoms with Gasteiger partial charge in [0, 0.05) is 5.69 Å². The standard InChI is InChI=1S/C19H16Cl2N2O3/c1-3-11-6-4-5-10(2)17(11)22-16(24)9-23-18(25)12-7-14(20)15(21)8-13(12)19(23)26/h4-8H,3,9H2,1-2H3,(H,22,24). The van der Waals surface area contributed by atoms with Crippen molar-refractivity contribution in [3.63, 3.8) is 0 Å². The summed E-state index contributed by atoms with van der Waals surface area (Å²) < 4.78 is 0. The van der Waals surface area contributed by atoms with E-state index in [9.17, 15) is 14.4 Å². The minimum absolute atomic E-state index is 0.155. The third-order valence-corrected chi connectivity index (χ3v) is 5.04. The highest BCUT2D eigenvalue weighted by Crippen LogP contribution is 2.31. The quantitative estimate of drug-likeness (QED) is 0.799. The number of anilines is 1. The molecule has 1 heterocycles. The number of halogens is 2. The van der Waals surface area contributed by atoms with Crippen LogP contribution in [0.15, 0.2) is 30.3 Å². The summed E-state index contributed by atoms with van der Waals surface area (Å²) in [6.45, 7) is 3.50. The average molecular weight is 391 g/mol. The van der Waals surface area contributed by atoms with E-state index in [1.165, 1.54) is 12.1 Å². The van der Waals surface area contributed by atoms with Gasteiger partial charge in [-0.1, -0.05) is 48.3 Å². The topological polar surface area (TPSA) is 66.5 Å². The van der Waals surface area contributed by atoms with E-state index in [4.69, 9.17) is 23.2 Å². The number of imide groups is 1. The van der Waals surface area contributed by atoms with Gasteiger partial charge in [-0.25, -0.2) is 0 Å². The number of carbonyl (C=O) groups is 3. The van der Waals surface area contributed by atoms with Gasteiger partial charge in [-0.15, -0.1) is 0 Å². The lowest BCUT2D eigenvalue weighted by Crippen LogP contribution is -2.37. The Labute approximate surface area is 160 Å². The number of hydrogen-bond acceptors (Lipinski definition) is 3. The van der Waals surface area contributed by atoms with Gasteiger partial charge >= 0.3 is 0 Å². The number of benzene rings is 2. The first-order valence-corrected chi connectivity index (χ1v) is 8.82. The monoisotopic (exact) mass is 390 g/mol. The summed E-state index contributed by atoms with van der Waals surface area (Å²) in [6, 6.07) is 8.44. The van der Waals surface area contributed by atoms with Crippen LogP contribution in [0.1, 0.15) is 38.8 Å². The Morgan fingerprint density at radius 2 is 1.65 bits per heavy atom. The van der Waals surface area contributed by atoms with Crippen LogP contribution in [0.3, 0.4) is 0 Å². The molecule has 26 heavy (non-hydrogen) atoms. The Bertz CT molecular complexity index is 900. The SMILES string of the molecule is CCc1cccc(C)c1NC(=O)CN1C(=O)c2cc(Cl)c(Cl)cc2C1=O. The molecule has 1 aliphatic heterocycles. The van der Waals surface area contributed by atoms with Crippen LogP contribution >= 0.6 is 23.2 Å². The van der Waals surface area contributed by atoms with Gasteiger partial charge in [0.1, 0.15) is 6.54 Å². The maximum Gasteiger partial charge on any atom is 0.262 e. The van der Waals surface area contributed by atoms with Crippen molar-refractivity contribution in [3.05, 3.63) is 62.6 Å². The third kappa shape index (κ3) is 3.20. The molecular weight excluding hydrogens is 375 g/mol. The molecule has 0 saturated carbocycles. The Morgan fingerprint density at radius 3 is 2.19 bits per heavy atom. The maximum atomic E-state index is 12.5. The second kappa shape index (κ2) is 7.09. The molecular formula is C19H16Cl2N2O3. The van der Waals surface area contributed by atoms with E-state index in [1.807, 2.05) is 32.0 Å². The molecule has 0 fully saturated rings. The number of amides is 3. The zero-order valence-corrected chi connectivity index (χ0v) is 15.7. The number of hydrogen-bond donors (Lipinski definition) is 1. The fraction of sp³-hybridized carbons (Fsp3) is 0.211. The summed E-state index contributed by atoms with van der Waals surface area (Å²) in [5.41, 5.74) is 2.92. The van der Waals surface area contributed by atoms with Crippen molar-refractivity contribution in [2.75, 3.05) is 11.9 Å². The molecule has 5 nitrogen and oxygen atoms in total.